The van der Waals surface area contributed by atoms with E-state index in [1.165, 1.54) is 12.1 Å². The second-order valence-corrected chi connectivity index (χ2v) is 6.85. The molecule has 1 aromatic heterocycles. The van der Waals surface area contributed by atoms with Gasteiger partial charge in [0.25, 0.3) is 0 Å². The fraction of sp³-hybridized carbons (Fsp3) is 0.682. The molecular formula is C22H33NO9. The Morgan fingerprint density at radius 2 is 1.16 bits per heavy atom. The zero-order valence-electron chi connectivity index (χ0n) is 18.7. The highest BCUT2D eigenvalue weighted by atomic mass is 16.6. The summed E-state index contributed by atoms with van der Waals surface area (Å²) in [5, 5.41) is 0. The van der Waals surface area contributed by atoms with Gasteiger partial charge in [-0.25, -0.2) is 14.6 Å². The third-order valence-corrected chi connectivity index (χ3v) is 4.27. The average Bonchev–Trinajstić information content (AvgIpc) is 2.80. The van der Waals surface area contributed by atoms with Crippen LogP contribution in [-0.4, -0.2) is 89.6 Å². The topological polar surface area (TPSA) is 112 Å². The number of unbranched alkanes of at least 4 members (excludes halogenated alkanes) is 2. The molecule has 0 atom stereocenters. The minimum Gasteiger partial charge on any atom is -0.493 e. The lowest BCUT2D eigenvalue weighted by atomic mass is 10.2. The Bertz CT molecular complexity index is 635. The van der Waals surface area contributed by atoms with E-state index in [9.17, 15) is 9.59 Å². The SMILES string of the molecule is CCCCCOc1cc2nc(c1)C(=O)OCCOCCOCCOCCOCCOC2=O. The van der Waals surface area contributed by atoms with Gasteiger partial charge in [-0.1, -0.05) is 19.8 Å². The van der Waals surface area contributed by atoms with Crippen LogP contribution in [0.4, 0.5) is 0 Å². The fourth-order valence-electron chi connectivity index (χ4n) is 2.64. The summed E-state index contributed by atoms with van der Waals surface area (Å²) in [5.41, 5.74) is -0.0693. The molecule has 0 fully saturated rings. The van der Waals surface area contributed by atoms with Gasteiger partial charge in [-0.05, 0) is 6.42 Å². The maximum atomic E-state index is 12.4. The number of aromatic nitrogens is 1. The highest BCUT2D eigenvalue weighted by Gasteiger charge is 2.18. The van der Waals surface area contributed by atoms with E-state index in [1.54, 1.807) is 0 Å². The number of cyclic esters (lactones) is 2. The zero-order chi connectivity index (χ0) is 22.9. The van der Waals surface area contributed by atoms with Crippen LogP contribution in [0.2, 0.25) is 0 Å². The first-order valence-electron chi connectivity index (χ1n) is 11.0. The summed E-state index contributed by atoms with van der Waals surface area (Å²) in [7, 11) is 0. The molecule has 32 heavy (non-hydrogen) atoms. The van der Waals surface area contributed by atoms with E-state index in [1.807, 2.05) is 0 Å². The molecule has 0 saturated carbocycles. The first-order chi connectivity index (χ1) is 15.7. The van der Waals surface area contributed by atoms with Crippen molar-refractivity contribution in [1.29, 1.82) is 0 Å². The monoisotopic (exact) mass is 455 g/mol. The molecule has 180 valence electrons. The molecule has 2 rings (SSSR count). The van der Waals surface area contributed by atoms with Crippen molar-refractivity contribution in [3.8, 4) is 5.75 Å². The molecule has 0 unspecified atom stereocenters. The standard InChI is InChI=1S/C22H33NO9/c1-2-3-4-5-30-18-16-19-21(24)31-14-12-28-10-8-26-6-7-27-9-11-29-13-15-32-22(25)20(17-18)23-19/h16-17H,2-15H2,1H3. The minimum atomic E-state index is -0.677. The number of pyridine rings is 1. The molecule has 2 heterocycles. The predicted molar refractivity (Wildman–Crippen MR) is 113 cm³/mol. The second kappa shape index (κ2) is 16.4. The normalized spacial score (nSPS) is 18.2. The van der Waals surface area contributed by atoms with Crippen LogP contribution in [0.3, 0.4) is 0 Å². The van der Waals surface area contributed by atoms with Crippen LogP contribution in [0, 0.1) is 0 Å². The number of carbonyl (C=O) groups is 2. The number of hydrogen-bond donors (Lipinski definition) is 0. The van der Waals surface area contributed by atoms with Crippen molar-refractivity contribution in [2.24, 2.45) is 0 Å². The van der Waals surface area contributed by atoms with Crippen LogP contribution in [0.25, 0.3) is 0 Å². The summed E-state index contributed by atoms with van der Waals surface area (Å²) >= 11 is 0. The van der Waals surface area contributed by atoms with Gasteiger partial charge in [-0.2, -0.15) is 0 Å². The summed E-state index contributed by atoms with van der Waals surface area (Å²) < 4.78 is 37.6. The van der Waals surface area contributed by atoms with E-state index >= 15 is 0 Å². The van der Waals surface area contributed by atoms with Crippen LogP contribution in [0.1, 0.15) is 47.2 Å². The quantitative estimate of drug-likeness (QED) is 0.483. The Labute approximate surface area is 188 Å². The van der Waals surface area contributed by atoms with Crippen molar-refractivity contribution in [3.63, 3.8) is 0 Å². The van der Waals surface area contributed by atoms with E-state index in [2.05, 4.69) is 11.9 Å². The molecule has 0 N–H and O–H groups in total. The van der Waals surface area contributed by atoms with Crippen molar-refractivity contribution in [2.45, 2.75) is 26.2 Å². The maximum absolute atomic E-state index is 12.4. The molecule has 10 heteroatoms. The highest BCUT2D eigenvalue weighted by molar-refractivity contribution is 5.92. The first kappa shape index (κ1) is 26.0. The Morgan fingerprint density at radius 3 is 1.59 bits per heavy atom. The number of carbonyl (C=O) groups excluding carboxylic acids is 2. The Balaban J connectivity index is 2.02. The van der Waals surface area contributed by atoms with E-state index in [0.717, 1.165) is 19.3 Å². The summed E-state index contributed by atoms with van der Waals surface area (Å²) in [6.45, 7) is 5.53. The van der Waals surface area contributed by atoms with Gasteiger partial charge >= 0.3 is 11.9 Å². The zero-order valence-corrected chi connectivity index (χ0v) is 18.7. The molecule has 0 saturated heterocycles. The summed E-state index contributed by atoms with van der Waals surface area (Å²) in [6.07, 6.45) is 2.93. The maximum Gasteiger partial charge on any atom is 0.357 e. The van der Waals surface area contributed by atoms with Gasteiger partial charge in [0, 0.05) is 12.1 Å². The molecule has 0 spiro atoms. The molecule has 0 radical (unpaired) electrons. The third-order valence-electron chi connectivity index (χ3n) is 4.27. The van der Waals surface area contributed by atoms with Crippen molar-refractivity contribution in [2.75, 3.05) is 72.7 Å². The van der Waals surface area contributed by atoms with Crippen molar-refractivity contribution < 1.29 is 42.7 Å². The number of ether oxygens (including phenoxy) is 7. The van der Waals surface area contributed by atoms with Crippen molar-refractivity contribution >= 4 is 11.9 Å². The van der Waals surface area contributed by atoms with Gasteiger partial charge in [0.1, 0.15) is 19.0 Å². The number of nitrogens with zero attached hydrogens (tertiary/aromatic N) is 1. The average molecular weight is 456 g/mol. The number of hydrogen-bond acceptors (Lipinski definition) is 10. The lowest BCUT2D eigenvalue weighted by Gasteiger charge is -2.11. The van der Waals surface area contributed by atoms with Crippen molar-refractivity contribution in [3.05, 3.63) is 23.5 Å². The van der Waals surface area contributed by atoms with Gasteiger partial charge in [-0.15, -0.1) is 0 Å². The Kier molecular flexibility index (Phi) is 13.3. The molecule has 1 aliphatic rings. The summed E-state index contributed by atoms with van der Waals surface area (Å²) in [4.78, 5) is 28.9. The van der Waals surface area contributed by atoms with E-state index in [0.29, 0.717) is 52.0 Å². The van der Waals surface area contributed by atoms with Gasteiger partial charge < -0.3 is 33.2 Å². The second-order valence-electron chi connectivity index (χ2n) is 6.85. The van der Waals surface area contributed by atoms with E-state index in [-0.39, 0.29) is 37.8 Å². The molecule has 1 aliphatic heterocycles. The van der Waals surface area contributed by atoms with Gasteiger partial charge in [0.15, 0.2) is 11.4 Å². The summed E-state index contributed by atoms with van der Waals surface area (Å²) in [6, 6.07) is 2.91. The van der Waals surface area contributed by atoms with Crippen LogP contribution >= 0.6 is 0 Å². The Hall–Kier alpha value is -2.27. The van der Waals surface area contributed by atoms with Crippen LogP contribution < -0.4 is 4.74 Å². The molecule has 10 nitrogen and oxygen atoms in total. The molecule has 1 aromatic rings. The fourth-order valence-corrected chi connectivity index (χ4v) is 2.64. The van der Waals surface area contributed by atoms with Crippen LogP contribution in [0.15, 0.2) is 12.1 Å². The van der Waals surface area contributed by atoms with Crippen molar-refractivity contribution in [1.82, 2.24) is 4.98 Å². The van der Waals surface area contributed by atoms with E-state index < -0.39 is 11.9 Å². The molecular weight excluding hydrogens is 422 g/mol. The number of rotatable bonds is 5. The van der Waals surface area contributed by atoms with Gasteiger partial charge in [-0.3, -0.25) is 0 Å². The minimum absolute atomic E-state index is 0.0347. The lowest BCUT2D eigenvalue weighted by Crippen LogP contribution is -2.17. The Morgan fingerprint density at radius 1 is 0.719 bits per heavy atom. The number of fused-ring (bicyclic) bond motifs is 2. The third kappa shape index (κ3) is 10.9. The largest absolute Gasteiger partial charge is 0.493 e. The van der Waals surface area contributed by atoms with Crippen LogP contribution in [0.5, 0.6) is 5.75 Å². The highest BCUT2D eigenvalue weighted by Crippen LogP contribution is 2.17. The van der Waals surface area contributed by atoms with Gasteiger partial charge in [0.2, 0.25) is 0 Å². The molecule has 2 bridgehead atoms. The molecule has 0 amide bonds. The molecule has 0 aromatic carbocycles. The summed E-state index contributed by atoms with van der Waals surface area (Å²) in [5.74, 6) is -0.997. The van der Waals surface area contributed by atoms with E-state index in [4.69, 9.17) is 33.2 Å². The smallest absolute Gasteiger partial charge is 0.357 e. The first-order valence-corrected chi connectivity index (χ1v) is 11.0. The lowest BCUT2D eigenvalue weighted by molar-refractivity contribution is -0.0134. The number of esters is 2. The predicted octanol–water partition coefficient (Wildman–Crippen LogP) is 2.04. The van der Waals surface area contributed by atoms with Crippen LogP contribution in [-0.2, 0) is 28.4 Å². The molecule has 0 aliphatic carbocycles. The van der Waals surface area contributed by atoms with Gasteiger partial charge in [0.05, 0.1) is 59.5 Å².